The molecule has 0 saturated heterocycles. The Morgan fingerprint density at radius 3 is 2.48 bits per heavy atom. The maximum absolute atomic E-state index is 6.47. The summed E-state index contributed by atoms with van der Waals surface area (Å²) in [6.45, 7) is 2.33. The van der Waals surface area contributed by atoms with Gasteiger partial charge >= 0.3 is 0 Å². The molecule has 1 fully saturated rings. The van der Waals surface area contributed by atoms with E-state index in [1.807, 2.05) is 12.4 Å². The van der Waals surface area contributed by atoms with Gasteiger partial charge in [0, 0.05) is 23.4 Å². The van der Waals surface area contributed by atoms with Crippen molar-refractivity contribution in [1.29, 1.82) is 0 Å². The van der Waals surface area contributed by atoms with Gasteiger partial charge in [0.05, 0.1) is 11.5 Å². The van der Waals surface area contributed by atoms with E-state index in [0.29, 0.717) is 11.9 Å². The van der Waals surface area contributed by atoms with Gasteiger partial charge < -0.3 is 15.2 Å². The summed E-state index contributed by atoms with van der Waals surface area (Å²) < 4.78 is 12.7. The second-order valence-electron chi connectivity index (χ2n) is 11.7. The molecule has 2 spiro atoms. The van der Waals surface area contributed by atoms with E-state index in [1.165, 1.54) is 11.1 Å². The average molecular weight is 438 g/mol. The zero-order chi connectivity index (χ0) is 23.6. The van der Waals surface area contributed by atoms with Gasteiger partial charge in [-0.15, -0.1) is 0 Å². The van der Waals surface area contributed by atoms with E-state index >= 15 is 0 Å². The molecule has 2 heterocycles. The number of aliphatic imine (C=N–C) groups is 1. The normalized spacial score (nSPS) is 32.5. The highest BCUT2D eigenvalue weighted by molar-refractivity contribution is 6.58. The van der Waals surface area contributed by atoms with E-state index in [9.17, 15) is 0 Å². The molecule has 5 rings (SSSR count). The Balaban J connectivity index is 1.62. The molecule has 0 radical (unpaired) electrons. The number of nitrogens with zero attached hydrogens (tertiary/aromatic N) is 3. The quantitative estimate of drug-likeness (QED) is 0.555. The lowest BCUT2D eigenvalue weighted by atomic mass is 9.44. The van der Waals surface area contributed by atoms with Gasteiger partial charge in [0.25, 0.3) is 6.02 Å². The van der Waals surface area contributed by atoms with Crippen LogP contribution in [-0.4, -0.2) is 72.0 Å². The van der Waals surface area contributed by atoms with Gasteiger partial charge in [0.1, 0.15) is 35.4 Å². The Hall–Kier alpha value is -2.15. The summed E-state index contributed by atoms with van der Waals surface area (Å²) in [4.78, 5) is 13.6. The lowest BCUT2D eigenvalue weighted by molar-refractivity contribution is -0.0743. The minimum Gasteiger partial charge on any atom is -0.475 e. The first kappa shape index (κ1) is 22.6. The Morgan fingerprint density at radius 1 is 1.15 bits per heavy atom. The minimum absolute atomic E-state index is 0.0665. The monoisotopic (exact) mass is 438 g/mol. The predicted octanol–water partition coefficient (Wildman–Crippen LogP) is -2.14. The molecule has 1 saturated carbocycles. The number of rotatable bonds is 3. The number of benzene rings is 1. The van der Waals surface area contributed by atoms with Crippen molar-refractivity contribution in [3.8, 4) is 11.1 Å². The Bertz CT molecular complexity index is 1110. The zero-order valence-electron chi connectivity index (χ0n) is 20.7. The van der Waals surface area contributed by atoms with E-state index in [2.05, 4.69) is 74.3 Å². The third-order valence-electron chi connectivity index (χ3n) is 7.96. The highest BCUT2D eigenvalue weighted by Gasteiger charge is 2.69. The van der Waals surface area contributed by atoms with E-state index in [4.69, 9.17) is 20.2 Å². The Morgan fingerprint density at radius 2 is 1.88 bits per heavy atom. The highest BCUT2D eigenvalue weighted by Crippen LogP contribution is 2.65. The molecule has 0 bridgehead atoms. The van der Waals surface area contributed by atoms with Crippen molar-refractivity contribution < 1.29 is 9.47 Å². The van der Waals surface area contributed by atoms with Gasteiger partial charge in [-0.25, -0.2) is 15.0 Å². The molecule has 1 aromatic heterocycles. The maximum Gasteiger partial charge on any atom is 0.282 e. The summed E-state index contributed by atoms with van der Waals surface area (Å²) in [6.07, 6.45) is 9.57. The topological polar surface area (TPSA) is 82.6 Å². The van der Waals surface area contributed by atoms with Gasteiger partial charge in [-0.3, -0.25) is 0 Å². The highest BCUT2D eigenvalue weighted by atomic mass is 16.5. The summed E-state index contributed by atoms with van der Waals surface area (Å²) in [7, 11) is 10.7. The van der Waals surface area contributed by atoms with Crippen LogP contribution in [0.2, 0.25) is 0 Å². The van der Waals surface area contributed by atoms with Crippen LogP contribution < -0.4 is 5.73 Å². The van der Waals surface area contributed by atoms with Gasteiger partial charge in [-0.1, -0.05) is 19.1 Å². The van der Waals surface area contributed by atoms with Crippen molar-refractivity contribution in [1.82, 2.24) is 9.97 Å². The van der Waals surface area contributed by atoms with E-state index in [0.717, 1.165) is 36.8 Å². The predicted molar refractivity (Wildman–Crippen MR) is 144 cm³/mol. The van der Waals surface area contributed by atoms with E-state index in [-0.39, 0.29) is 16.8 Å². The van der Waals surface area contributed by atoms with Gasteiger partial charge in [0.2, 0.25) is 0 Å². The summed E-state index contributed by atoms with van der Waals surface area (Å²) in [6, 6.07) is 7.01. The van der Waals surface area contributed by atoms with E-state index in [1.54, 1.807) is 6.33 Å². The minimum atomic E-state index is -0.550. The molecule has 33 heavy (non-hydrogen) atoms. The zero-order valence-corrected chi connectivity index (χ0v) is 20.7. The Labute approximate surface area is 201 Å². The van der Waals surface area contributed by atoms with Crippen LogP contribution in [0.3, 0.4) is 0 Å². The van der Waals surface area contributed by atoms with Crippen LogP contribution in [-0.2, 0) is 21.4 Å². The third-order valence-corrected chi connectivity index (χ3v) is 7.96. The van der Waals surface area contributed by atoms with Crippen molar-refractivity contribution in [2.24, 2.45) is 22.1 Å². The molecular formula is C22H31B5N4O2. The number of hydrogen-bond donors (Lipinski definition) is 1. The lowest BCUT2D eigenvalue weighted by Crippen LogP contribution is -2.60. The first-order valence-corrected chi connectivity index (χ1v) is 12.1. The largest absolute Gasteiger partial charge is 0.475 e. The molecular weight excluding hydrogens is 406 g/mol. The number of aromatic nitrogens is 2. The second kappa shape index (κ2) is 7.43. The first-order valence-electron chi connectivity index (χ1n) is 12.1. The summed E-state index contributed by atoms with van der Waals surface area (Å²) in [5.74, 6) is 0.416. The second-order valence-corrected chi connectivity index (χ2v) is 11.7. The molecule has 2 N–H and O–H groups in total. The molecule has 0 amide bonds. The molecule has 2 aromatic rings. The molecule has 4 atom stereocenters. The van der Waals surface area contributed by atoms with Gasteiger partial charge in [-0.05, 0) is 59.7 Å². The molecule has 166 valence electrons. The number of amidine groups is 1. The maximum atomic E-state index is 6.47. The molecule has 0 unspecified atom stereocenters. The van der Waals surface area contributed by atoms with E-state index < -0.39 is 10.9 Å². The van der Waals surface area contributed by atoms with Crippen LogP contribution >= 0.6 is 0 Å². The number of ether oxygens (including phenoxy) is 2. The van der Waals surface area contributed by atoms with Crippen molar-refractivity contribution in [2.45, 2.75) is 54.9 Å². The number of nitrogens with two attached hydrogens (primary N) is 1. The Kier molecular flexibility index (Phi) is 5.09. The lowest BCUT2D eigenvalue weighted by Gasteiger charge is -2.53. The molecule has 2 aliphatic carbocycles. The standard InChI is InChI=1S/C22H31B5N4O2/c1-12-7-19(5-4-17(12)32-22(25,26)27)8-14-3-2-13(15-9-29-11-30-10-15)6-16(14)20(19)21(23,24)33-18(28)31-20/h2-3,6,9-12,17H,4-5,7-8,23-27H2,1H3,(H2,28,31)/t12-,17-,19-,20-/m0/s1. The summed E-state index contributed by atoms with van der Waals surface area (Å²) >= 11 is 0. The molecule has 1 aromatic carbocycles. The number of fused-ring (bicyclic) bond motifs is 3. The van der Waals surface area contributed by atoms with Crippen molar-refractivity contribution in [3.63, 3.8) is 0 Å². The van der Waals surface area contributed by atoms with Crippen molar-refractivity contribution in [2.75, 3.05) is 0 Å². The average Bonchev–Trinajstić information content (AvgIpc) is 3.14. The van der Waals surface area contributed by atoms with Crippen LogP contribution in [0.5, 0.6) is 0 Å². The van der Waals surface area contributed by atoms with Crippen LogP contribution in [0, 0.1) is 11.3 Å². The molecule has 11 heteroatoms. The fourth-order valence-corrected chi connectivity index (χ4v) is 6.94. The molecule has 3 aliphatic rings. The van der Waals surface area contributed by atoms with Crippen molar-refractivity contribution >= 4 is 45.3 Å². The molecule has 1 aliphatic heterocycles. The van der Waals surface area contributed by atoms with Crippen molar-refractivity contribution in [3.05, 3.63) is 48.0 Å². The first-order chi connectivity index (χ1) is 15.5. The molecule has 6 nitrogen and oxygen atoms in total. The van der Waals surface area contributed by atoms with Crippen LogP contribution in [0.15, 0.2) is 41.9 Å². The SMILES string of the molecule is BC(B)(B)O[C@H]1CC[C@@]2(Cc3ccc(-c4cncnc4)cc3[C@]23N=C(N)OC3(B)B)C[C@@H]1C. The van der Waals surface area contributed by atoms with Gasteiger partial charge in [-0.2, -0.15) is 0 Å². The van der Waals surface area contributed by atoms with Crippen LogP contribution in [0.1, 0.15) is 37.3 Å². The number of hydrogen-bond acceptors (Lipinski definition) is 6. The fourth-order valence-electron chi connectivity index (χ4n) is 6.94. The van der Waals surface area contributed by atoms with Crippen LogP contribution in [0.25, 0.3) is 11.1 Å². The summed E-state index contributed by atoms with van der Waals surface area (Å²) in [5.41, 5.74) is 10.4. The fraction of sp³-hybridized carbons (Fsp3) is 0.500. The third kappa shape index (κ3) is 3.46. The smallest absolute Gasteiger partial charge is 0.282 e. The summed E-state index contributed by atoms with van der Waals surface area (Å²) in [5, 5.41) is -0.698. The van der Waals surface area contributed by atoms with Gasteiger partial charge in [0.15, 0.2) is 15.7 Å². The van der Waals surface area contributed by atoms with Crippen LogP contribution in [0.4, 0.5) is 0 Å².